The maximum absolute atomic E-state index is 12.6. The van der Waals surface area contributed by atoms with Crippen LogP contribution in [0.5, 0.6) is 0 Å². The molecule has 0 aliphatic carbocycles. The van der Waals surface area contributed by atoms with Gasteiger partial charge in [-0.25, -0.2) is 4.79 Å². The molecule has 9 heteroatoms. The predicted molar refractivity (Wildman–Crippen MR) is 97.9 cm³/mol. The highest BCUT2D eigenvalue weighted by Crippen LogP contribution is 2.29. The molecule has 0 aliphatic rings. The van der Waals surface area contributed by atoms with Gasteiger partial charge in [-0.1, -0.05) is 12.1 Å². The molecule has 26 heavy (non-hydrogen) atoms. The molecule has 138 valence electrons. The number of carboxylic acid groups (broad SMARTS) is 1. The molecule has 0 aromatic heterocycles. The van der Waals surface area contributed by atoms with E-state index in [-0.39, 0.29) is 12.1 Å². The standard InChI is InChI=1S/C17H14F3IN2O3/c18-17(19,20)11-3-7-13(8-4-11)22-15(24)14(23-16(25)26)9-10-1-5-12(21)6-2-10/h1-8,14,23H,9H2,(H,22,24)(H,25,26)/t14-/m1/s1. The molecule has 0 saturated heterocycles. The lowest BCUT2D eigenvalue weighted by Gasteiger charge is -2.17. The molecule has 2 aromatic carbocycles. The average molecular weight is 478 g/mol. The van der Waals surface area contributed by atoms with Crippen LogP contribution in [0.1, 0.15) is 11.1 Å². The summed E-state index contributed by atoms with van der Waals surface area (Å²) in [5, 5.41) is 13.5. The van der Waals surface area contributed by atoms with Gasteiger partial charge < -0.3 is 15.7 Å². The van der Waals surface area contributed by atoms with E-state index in [9.17, 15) is 22.8 Å². The molecule has 3 N–H and O–H groups in total. The van der Waals surface area contributed by atoms with Crippen molar-refractivity contribution in [3.63, 3.8) is 0 Å². The summed E-state index contributed by atoms with van der Waals surface area (Å²) in [6.45, 7) is 0. The Hall–Kier alpha value is -2.30. The minimum atomic E-state index is -4.47. The molecule has 0 spiro atoms. The van der Waals surface area contributed by atoms with E-state index in [1.165, 1.54) is 0 Å². The Bertz CT molecular complexity index is 777. The van der Waals surface area contributed by atoms with Crippen LogP contribution in [0, 0.1) is 3.57 Å². The molecule has 0 bridgehead atoms. The Balaban J connectivity index is 2.10. The number of carbonyl (C=O) groups excluding carboxylic acids is 1. The lowest BCUT2D eigenvalue weighted by Crippen LogP contribution is -2.44. The third kappa shape index (κ3) is 5.90. The maximum atomic E-state index is 12.6. The van der Waals surface area contributed by atoms with Crippen molar-refractivity contribution in [2.24, 2.45) is 0 Å². The van der Waals surface area contributed by atoms with Crippen molar-refractivity contribution in [1.29, 1.82) is 0 Å². The smallest absolute Gasteiger partial charge is 0.416 e. The fraction of sp³-hybridized carbons (Fsp3) is 0.176. The Morgan fingerprint density at radius 3 is 2.12 bits per heavy atom. The summed E-state index contributed by atoms with van der Waals surface area (Å²) in [5.41, 5.74) is 0.0455. The van der Waals surface area contributed by atoms with Crippen molar-refractivity contribution in [3.8, 4) is 0 Å². The van der Waals surface area contributed by atoms with Crippen LogP contribution >= 0.6 is 22.6 Å². The number of anilines is 1. The topological polar surface area (TPSA) is 78.4 Å². The molecule has 2 aromatic rings. The summed E-state index contributed by atoms with van der Waals surface area (Å²) in [6.07, 6.45) is -5.74. The number of nitrogens with one attached hydrogen (secondary N) is 2. The molecule has 0 fully saturated rings. The largest absolute Gasteiger partial charge is 0.465 e. The molecule has 0 unspecified atom stereocenters. The highest BCUT2D eigenvalue weighted by Gasteiger charge is 2.30. The summed E-state index contributed by atoms with van der Waals surface area (Å²) in [7, 11) is 0. The van der Waals surface area contributed by atoms with Crippen LogP contribution < -0.4 is 10.6 Å². The molecule has 2 amide bonds. The summed E-state index contributed by atoms with van der Waals surface area (Å²) in [5.74, 6) is -0.661. The minimum Gasteiger partial charge on any atom is -0.465 e. The Morgan fingerprint density at radius 1 is 1.04 bits per heavy atom. The van der Waals surface area contributed by atoms with Crippen LogP contribution in [-0.2, 0) is 17.4 Å². The van der Waals surface area contributed by atoms with Crippen LogP contribution in [0.3, 0.4) is 0 Å². The number of benzene rings is 2. The Morgan fingerprint density at radius 2 is 1.62 bits per heavy atom. The quantitative estimate of drug-likeness (QED) is 0.566. The second kappa shape index (κ2) is 8.39. The second-order valence-electron chi connectivity index (χ2n) is 5.40. The second-order valence-corrected chi connectivity index (χ2v) is 6.64. The molecule has 0 aliphatic heterocycles. The maximum Gasteiger partial charge on any atom is 0.416 e. The van der Waals surface area contributed by atoms with Gasteiger partial charge in [-0.2, -0.15) is 13.2 Å². The van der Waals surface area contributed by atoms with Gasteiger partial charge in [-0.15, -0.1) is 0 Å². The van der Waals surface area contributed by atoms with Gasteiger partial charge in [0.25, 0.3) is 0 Å². The van der Waals surface area contributed by atoms with Gasteiger partial charge in [0.2, 0.25) is 5.91 Å². The zero-order valence-electron chi connectivity index (χ0n) is 13.2. The fourth-order valence-electron chi connectivity index (χ4n) is 2.19. The van der Waals surface area contributed by atoms with E-state index in [1.54, 1.807) is 12.1 Å². The number of hydrogen-bond donors (Lipinski definition) is 3. The highest BCUT2D eigenvalue weighted by molar-refractivity contribution is 14.1. The van der Waals surface area contributed by atoms with E-state index in [0.29, 0.717) is 0 Å². The zero-order chi connectivity index (χ0) is 19.3. The van der Waals surface area contributed by atoms with Crippen LogP contribution in [0.4, 0.5) is 23.7 Å². The Labute approximate surface area is 160 Å². The van der Waals surface area contributed by atoms with Crippen LogP contribution in [0.15, 0.2) is 48.5 Å². The van der Waals surface area contributed by atoms with Crippen molar-refractivity contribution in [2.75, 3.05) is 5.32 Å². The first-order valence-corrected chi connectivity index (χ1v) is 8.45. The van der Waals surface area contributed by atoms with Crippen LogP contribution in [0.25, 0.3) is 0 Å². The van der Waals surface area contributed by atoms with Crippen molar-refractivity contribution < 1.29 is 27.9 Å². The molecular formula is C17H14F3IN2O3. The number of amides is 2. The number of halogens is 4. The van der Waals surface area contributed by atoms with Gasteiger partial charge >= 0.3 is 12.3 Å². The number of hydrogen-bond acceptors (Lipinski definition) is 2. The lowest BCUT2D eigenvalue weighted by molar-refractivity contribution is -0.137. The summed E-state index contributed by atoms with van der Waals surface area (Å²) >= 11 is 2.12. The van der Waals surface area contributed by atoms with E-state index in [0.717, 1.165) is 33.4 Å². The molecule has 0 radical (unpaired) electrons. The van der Waals surface area contributed by atoms with Gasteiger partial charge in [0.1, 0.15) is 6.04 Å². The normalized spacial score (nSPS) is 12.3. The first-order chi connectivity index (χ1) is 12.1. The monoisotopic (exact) mass is 478 g/mol. The molecule has 0 saturated carbocycles. The van der Waals surface area contributed by atoms with E-state index in [4.69, 9.17) is 5.11 Å². The summed E-state index contributed by atoms with van der Waals surface area (Å²) < 4.78 is 38.7. The number of carbonyl (C=O) groups is 2. The van der Waals surface area contributed by atoms with Crippen molar-refractivity contribution in [1.82, 2.24) is 5.32 Å². The van der Waals surface area contributed by atoms with Gasteiger partial charge in [0, 0.05) is 15.7 Å². The van der Waals surface area contributed by atoms with Crippen LogP contribution in [-0.4, -0.2) is 23.1 Å². The third-order valence-electron chi connectivity index (χ3n) is 3.45. The van der Waals surface area contributed by atoms with Crippen molar-refractivity contribution in [2.45, 2.75) is 18.6 Å². The molecule has 1 atom stereocenters. The van der Waals surface area contributed by atoms with Crippen molar-refractivity contribution >= 4 is 40.3 Å². The summed E-state index contributed by atoms with van der Waals surface area (Å²) in [4.78, 5) is 23.3. The van der Waals surface area contributed by atoms with E-state index in [1.807, 2.05) is 12.1 Å². The van der Waals surface area contributed by atoms with E-state index in [2.05, 4.69) is 33.2 Å². The zero-order valence-corrected chi connectivity index (χ0v) is 15.3. The average Bonchev–Trinajstić information content (AvgIpc) is 2.55. The molecular weight excluding hydrogens is 464 g/mol. The number of rotatable bonds is 5. The van der Waals surface area contributed by atoms with E-state index >= 15 is 0 Å². The molecule has 2 rings (SSSR count). The third-order valence-corrected chi connectivity index (χ3v) is 4.17. The first-order valence-electron chi connectivity index (χ1n) is 7.37. The molecule has 0 heterocycles. The van der Waals surface area contributed by atoms with Gasteiger partial charge in [0.15, 0.2) is 0 Å². The predicted octanol–water partition coefficient (Wildman–Crippen LogP) is 4.13. The number of alkyl halides is 3. The Kier molecular flexibility index (Phi) is 6.46. The lowest BCUT2D eigenvalue weighted by atomic mass is 10.1. The van der Waals surface area contributed by atoms with Gasteiger partial charge in [-0.3, -0.25) is 4.79 Å². The minimum absolute atomic E-state index is 0.107. The van der Waals surface area contributed by atoms with Gasteiger partial charge in [0.05, 0.1) is 5.56 Å². The molecule has 5 nitrogen and oxygen atoms in total. The van der Waals surface area contributed by atoms with Crippen LogP contribution in [0.2, 0.25) is 0 Å². The van der Waals surface area contributed by atoms with E-state index < -0.39 is 29.8 Å². The first kappa shape index (κ1) is 20.0. The SMILES string of the molecule is O=C(O)N[C@H](Cc1ccc(I)cc1)C(=O)Nc1ccc(C(F)(F)F)cc1. The fourth-order valence-corrected chi connectivity index (χ4v) is 2.55. The summed E-state index contributed by atoms with van der Waals surface area (Å²) in [6, 6.07) is 10.0. The van der Waals surface area contributed by atoms with Crippen molar-refractivity contribution in [3.05, 3.63) is 63.2 Å². The highest BCUT2D eigenvalue weighted by atomic mass is 127. The van der Waals surface area contributed by atoms with Gasteiger partial charge in [-0.05, 0) is 64.6 Å².